The van der Waals surface area contributed by atoms with Gasteiger partial charge in [-0.15, -0.1) is 0 Å². The second-order valence-corrected chi connectivity index (χ2v) is 15.1. The van der Waals surface area contributed by atoms with Gasteiger partial charge in [0.2, 0.25) is 0 Å². The Morgan fingerprint density at radius 2 is 1.79 bits per heavy atom. The molecule has 0 saturated carbocycles. The van der Waals surface area contributed by atoms with Crippen LogP contribution in [0, 0.1) is 0 Å². The number of ether oxygens (including phenoxy) is 2. The summed E-state index contributed by atoms with van der Waals surface area (Å²) in [6.07, 6.45) is -2.65. The average molecular weight is 267 g/mol. The molecule has 0 radical (unpaired) electrons. The van der Waals surface area contributed by atoms with E-state index in [0.717, 1.165) is 5.21 Å². The molecule has 1 rings (SSSR count). The molecule has 1 aliphatic rings. The van der Waals surface area contributed by atoms with Crippen LogP contribution in [-0.2, 0) is 9.47 Å². The predicted molar refractivity (Wildman–Crippen MR) is 55.8 cm³/mol. The molecule has 0 aromatic heterocycles. The monoisotopic (exact) mass is 267 g/mol. The summed E-state index contributed by atoms with van der Waals surface area (Å²) in [5.74, 6) is 0. The van der Waals surface area contributed by atoms with Gasteiger partial charge in [-0.1, -0.05) is 0 Å². The van der Waals surface area contributed by atoms with E-state index >= 15 is 0 Å². The normalized spacial score (nSPS) is 39.0. The maximum absolute atomic E-state index is 9.69. The van der Waals surface area contributed by atoms with Gasteiger partial charge in [-0.05, 0) is 0 Å². The van der Waals surface area contributed by atoms with Gasteiger partial charge in [-0.25, -0.2) is 0 Å². The van der Waals surface area contributed by atoms with Crippen LogP contribution in [0.1, 0.15) is 0 Å². The van der Waals surface area contributed by atoms with E-state index < -0.39 is 32.0 Å². The molecule has 0 amide bonds. The van der Waals surface area contributed by atoms with Crippen LogP contribution < -0.4 is 0 Å². The first kappa shape index (κ1) is 12.5. The van der Waals surface area contributed by atoms with E-state index in [4.69, 9.17) is 9.47 Å². The van der Waals surface area contributed by atoms with Gasteiger partial charge < -0.3 is 0 Å². The second kappa shape index (κ2) is 4.50. The minimum atomic E-state index is -1.61. The molecule has 5 heteroatoms. The van der Waals surface area contributed by atoms with Gasteiger partial charge in [0.05, 0.1) is 0 Å². The molecular formula is C9H20AsO4+. The van der Waals surface area contributed by atoms with Crippen LogP contribution in [0.4, 0.5) is 0 Å². The zero-order valence-corrected chi connectivity index (χ0v) is 11.1. The van der Waals surface area contributed by atoms with E-state index in [0.29, 0.717) is 0 Å². The first-order valence-electron chi connectivity index (χ1n) is 4.70. The van der Waals surface area contributed by atoms with Crippen LogP contribution >= 0.6 is 0 Å². The first-order chi connectivity index (χ1) is 6.35. The van der Waals surface area contributed by atoms with E-state index in [1.54, 1.807) is 0 Å². The molecule has 14 heavy (non-hydrogen) atoms. The molecule has 0 bridgehead atoms. The number of aliphatic hydroxyl groups is 2. The quantitative estimate of drug-likeness (QED) is 0.727. The molecule has 4 nitrogen and oxygen atoms in total. The van der Waals surface area contributed by atoms with Crippen molar-refractivity contribution >= 4 is 13.6 Å². The summed E-state index contributed by atoms with van der Waals surface area (Å²) in [6, 6.07) is 0. The van der Waals surface area contributed by atoms with Crippen molar-refractivity contribution in [1.82, 2.24) is 0 Å². The summed E-state index contributed by atoms with van der Waals surface area (Å²) < 4.78 is 10.4. The van der Waals surface area contributed by atoms with Crippen molar-refractivity contribution in [2.24, 2.45) is 0 Å². The van der Waals surface area contributed by atoms with Crippen LogP contribution in [0.5, 0.6) is 0 Å². The second-order valence-electron chi connectivity index (χ2n) is 4.73. The Labute approximate surface area is 87.7 Å². The van der Waals surface area contributed by atoms with Gasteiger partial charge in [0.1, 0.15) is 0 Å². The van der Waals surface area contributed by atoms with E-state index in [1.807, 2.05) is 0 Å². The van der Waals surface area contributed by atoms with Crippen LogP contribution in [0.15, 0.2) is 0 Å². The summed E-state index contributed by atoms with van der Waals surface area (Å²) in [7, 11) is 1.47. The Bertz CT molecular complexity index is 192. The molecule has 1 aliphatic heterocycles. The third-order valence-electron chi connectivity index (χ3n) is 2.28. The summed E-state index contributed by atoms with van der Waals surface area (Å²) >= 11 is -1.61. The average Bonchev–Trinajstić information content (AvgIpc) is 2.30. The molecule has 0 aromatic carbocycles. The van der Waals surface area contributed by atoms with E-state index in [2.05, 4.69) is 17.1 Å². The summed E-state index contributed by atoms with van der Waals surface area (Å²) in [5.41, 5.74) is 6.71. The van der Waals surface area contributed by atoms with Gasteiger partial charge in [-0.3, -0.25) is 0 Å². The van der Waals surface area contributed by atoms with Crippen molar-refractivity contribution in [3.8, 4) is 0 Å². The number of rotatable bonds is 3. The fraction of sp³-hybridized carbons (Fsp3) is 1.00. The Morgan fingerprint density at radius 3 is 2.14 bits per heavy atom. The zero-order chi connectivity index (χ0) is 10.9. The fourth-order valence-corrected chi connectivity index (χ4v) is 4.50. The number of methoxy groups -OCH3 is 1. The third-order valence-corrected chi connectivity index (χ3v) is 5.33. The summed E-state index contributed by atoms with van der Waals surface area (Å²) in [6.45, 7) is 0. The van der Waals surface area contributed by atoms with Crippen molar-refractivity contribution < 1.29 is 19.7 Å². The molecular weight excluding hydrogens is 247 g/mol. The van der Waals surface area contributed by atoms with Gasteiger partial charge in [0.25, 0.3) is 0 Å². The van der Waals surface area contributed by atoms with Crippen molar-refractivity contribution in [1.29, 1.82) is 0 Å². The van der Waals surface area contributed by atoms with Crippen LogP contribution in [0.25, 0.3) is 0 Å². The minimum absolute atomic E-state index is 0.262. The molecule has 84 valence electrons. The third kappa shape index (κ3) is 2.94. The van der Waals surface area contributed by atoms with Crippen LogP contribution in [0.3, 0.4) is 0 Å². The number of hydrogen-bond acceptors (Lipinski definition) is 4. The summed E-state index contributed by atoms with van der Waals surface area (Å²) in [4.78, 5) is 0. The van der Waals surface area contributed by atoms with Crippen molar-refractivity contribution in [2.75, 3.05) is 7.11 Å². The van der Waals surface area contributed by atoms with Gasteiger partial charge in [0, 0.05) is 0 Å². The molecule has 4 atom stereocenters. The van der Waals surface area contributed by atoms with E-state index in [9.17, 15) is 10.2 Å². The maximum atomic E-state index is 9.69. The molecule has 0 aliphatic carbocycles. The molecule has 0 unspecified atom stereocenters. The van der Waals surface area contributed by atoms with Crippen LogP contribution in [-0.4, -0.2) is 55.5 Å². The molecule has 1 saturated heterocycles. The predicted octanol–water partition coefficient (Wildman–Crippen LogP) is 0.418. The van der Waals surface area contributed by atoms with Crippen molar-refractivity contribution in [3.05, 3.63) is 0 Å². The Kier molecular flexibility index (Phi) is 4.01. The van der Waals surface area contributed by atoms with Crippen molar-refractivity contribution in [3.63, 3.8) is 0 Å². The molecule has 1 heterocycles. The molecule has 1 fully saturated rings. The molecule has 2 N–H and O–H groups in total. The Morgan fingerprint density at radius 1 is 1.21 bits per heavy atom. The van der Waals surface area contributed by atoms with E-state index in [-0.39, 0.29) is 6.10 Å². The topological polar surface area (TPSA) is 58.9 Å². The fourth-order valence-electron chi connectivity index (χ4n) is 1.60. The number of hydrogen-bond donors (Lipinski definition) is 2. The van der Waals surface area contributed by atoms with Crippen LogP contribution in [0.2, 0.25) is 22.3 Å². The molecule has 0 spiro atoms. The number of aliphatic hydroxyl groups excluding tert-OH is 2. The zero-order valence-electron chi connectivity index (χ0n) is 9.17. The summed E-state index contributed by atoms with van der Waals surface area (Å²) in [5, 5.41) is 20.1. The SMILES string of the molecule is CO[C@@H]1O[C@H](C[As+](C)(C)C)[C@@H](O)[C@H]1O. The first-order valence-corrected chi connectivity index (χ1v) is 11.7. The van der Waals surface area contributed by atoms with Crippen molar-refractivity contribution in [2.45, 2.75) is 46.9 Å². The van der Waals surface area contributed by atoms with Gasteiger partial charge >= 0.3 is 87.3 Å². The Balaban J connectivity index is 2.57. The molecule has 0 aromatic rings. The Hall–Kier alpha value is 0.398. The standard InChI is InChI=1S/C9H20AsO4/c1-10(2,3)5-6-7(11)8(12)9(13-4)14-6/h6-9,11-12H,5H2,1-4H3/q+1/t6-,7-,8-,9-/m1/s1. The van der Waals surface area contributed by atoms with Gasteiger partial charge in [0.15, 0.2) is 0 Å². The van der Waals surface area contributed by atoms with E-state index in [1.165, 1.54) is 7.11 Å². The van der Waals surface area contributed by atoms with Gasteiger partial charge in [-0.2, -0.15) is 0 Å².